The fraction of sp³-hybridized carbons (Fsp3) is 0.400. The van der Waals surface area contributed by atoms with E-state index in [4.69, 9.17) is 0 Å². The van der Waals surface area contributed by atoms with E-state index >= 15 is 0 Å². The van der Waals surface area contributed by atoms with Gasteiger partial charge in [0.25, 0.3) is 0 Å². The number of nitrogens with zero attached hydrogens (tertiary/aromatic N) is 2. The number of thioether (sulfide) groups is 1. The van der Waals surface area contributed by atoms with Crippen LogP contribution in [0.1, 0.15) is 43.7 Å². The minimum atomic E-state index is 0.0100. The van der Waals surface area contributed by atoms with Crippen molar-refractivity contribution in [3.05, 3.63) is 63.1 Å². The van der Waals surface area contributed by atoms with Crippen molar-refractivity contribution in [1.29, 1.82) is 0 Å². The molecule has 0 aromatic carbocycles. The molecule has 1 fully saturated rings. The molecule has 1 aliphatic carbocycles. The molecule has 2 amide bonds. The van der Waals surface area contributed by atoms with E-state index in [1.165, 1.54) is 16.1 Å². The van der Waals surface area contributed by atoms with Crippen LogP contribution in [0, 0.1) is 11.8 Å². The molecule has 0 radical (unpaired) electrons. The van der Waals surface area contributed by atoms with Gasteiger partial charge in [0.15, 0.2) is 0 Å². The minimum Gasteiger partial charge on any atom is -0.338 e. The van der Waals surface area contributed by atoms with Crippen LogP contribution >= 0.6 is 11.8 Å². The van der Waals surface area contributed by atoms with E-state index in [0.717, 1.165) is 43.5 Å². The van der Waals surface area contributed by atoms with Crippen LogP contribution in [-0.2, 0) is 16.0 Å². The Kier molecular flexibility index (Phi) is 5.57. The summed E-state index contributed by atoms with van der Waals surface area (Å²) in [5.74, 6) is 1.72. The van der Waals surface area contributed by atoms with E-state index in [1.54, 1.807) is 12.3 Å². The smallest absolute Gasteiger partial charge is 0.246 e. The van der Waals surface area contributed by atoms with E-state index in [9.17, 15) is 9.59 Å². The summed E-state index contributed by atoms with van der Waals surface area (Å²) in [5.41, 5.74) is 4.90. The molecule has 4 aliphatic rings. The van der Waals surface area contributed by atoms with Gasteiger partial charge in [-0.05, 0) is 78.7 Å². The van der Waals surface area contributed by atoms with Gasteiger partial charge in [-0.1, -0.05) is 29.5 Å². The summed E-state index contributed by atoms with van der Waals surface area (Å²) in [6, 6.07) is 2.01. The van der Waals surface area contributed by atoms with Gasteiger partial charge in [0.05, 0.1) is 0 Å². The molecule has 2 atom stereocenters. The number of fused-ring (bicyclic) bond motifs is 2. The number of rotatable bonds is 3. The number of carbonyl (C=O) groups is 2. The van der Waals surface area contributed by atoms with Crippen molar-refractivity contribution in [2.24, 2.45) is 11.8 Å². The van der Waals surface area contributed by atoms with Crippen LogP contribution in [-0.4, -0.2) is 34.8 Å². The molecule has 0 saturated carbocycles. The van der Waals surface area contributed by atoms with Crippen LogP contribution in [0.2, 0.25) is 0 Å². The van der Waals surface area contributed by atoms with Crippen molar-refractivity contribution < 1.29 is 9.59 Å². The zero-order valence-electron chi connectivity index (χ0n) is 17.8. The molecule has 1 aromatic rings. The van der Waals surface area contributed by atoms with Gasteiger partial charge in [0.2, 0.25) is 11.8 Å². The van der Waals surface area contributed by atoms with Crippen LogP contribution in [0.25, 0.3) is 6.08 Å². The number of anilines is 1. The van der Waals surface area contributed by atoms with Crippen molar-refractivity contribution >= 4 is 35.5 Å². The molecule has 6 heteroatoms. The molecule has 0 spiro atoms. The van der Waals surface area contributed by atoms with Crippen molar-refractivity contribution in [3.63, 3.8) is 0 Å². The number of hydrogen-bond donors (Lipinski definition) is 1. The Labute approximate surface area is 187 Å². The van der Waals surface area contributed by atoms with Gasteiger partial charge in [0.1, 0.15) is 5.82 Å². The minimum absolute atomic E-state index is 0.0100. The number of aromatic nitrogens is 1. The average Bonchev–Trinajstić information content (AvgIpc) is 3.26. The Morgan fingerprint density at radius 3 is 3.06 bits per heavy atom. The standard InChI is InChI=1S/C25H27N3O2S/c1-16-4-2-3-9-31-24(16)19-11-20-14-28(15-21(20)12-19)23(30)8-5-17-10-18-6-7-22(29)27-25(18)26-13-17/h3,5,8-11,13,20-21H,2,4,6-7,12,14-15H2,1H3,(H,26,27,29). The normalized spacial score (nSPS) is 25.4. The summed E-state index contributed by atoms with van der Waals surface area (Å²) in [7, 11) is 0. The second-order valence-electron chi connectivity index (χ2n) is 8.86. The Hall–Kier alpha value is -2.60. The predicted octanol–water partition coefficient (Wildman–Crippen LogP) is 4.70. The highest BCUT2D eigenvalue weighted by atomic mass is 32.2. The summed E-state index contributed by atoms with van der Waals surface area (Å²) >= 11 is 1.86. The zero-order chi connectivity index (χ0) is 21.4. The highest BCUT2D eigenvalue weighted by Gasteiger charge is 2.38. The molecular formula is C25H27N3O2S. The second-order valence-corrected chi connectivity index (χ2v) is 9.77. The summed E-state index contributed by atoms with van der Waals surface area (Å²) in [6.07, 6.45) is 14.4. The molecule has 1 saturated heterocycles. The summed E-state index contributed by atoms with van der Waals surface area (Å²) in [5, 5.41) is 5.02. The summed E-state index contributed by atoms with van der Waals surface area (Å²) in [4.78, 5) is 32.0. The SMILES string of the molecule is CC1=C(C2=CC3CN(C(=O)C=Cc4cnc5c(c4)CCC(=O)N5)CC3C2)SC=CCC1. The molecule has 4 heterocycles. The van der Waals surface area contributed by atoms with Gasteiger partial charge in [-0.25, -0.2) is 4.98 Å². The molecule has 3 aliphatic heterocycles. The van der Waals surface area contributed by atoms with Gasteiger partial charge in [-0.2, -0.15) is 0 Å². The second kappa shape index (κ2) is 8.50. The number of hydrogen-bond acceptors (Lipinski definition) is 4. The van der Waals surface area contributed by atoms with Crippen LogP contribution in [0.5, 0.6) is 0 Å². The highest BCUT2D eigenvalue weighted by Crippen LogP contribution is 2.44. The first-order valence-electron chi connectivity index (χ1n) is 11.0. The molecule has 5 nitrogen and oxygen atoms in total. The number of likely N-dealkylation sites (tertiary alicyclic amines) is 1. The number of nitrogens with one attached hydrogen (secondary N) is 1. The van der Waals surface area contributed by atoms with Crippen molar-refractivity contribution in [3.8, 4) is 0 Å². The van der Waals surface area contributed by atoms with Crippen molar-refractivity contribution in [1.82, 2.24) is 9.88 Å². The number of pyridine rings is 1. The van der Waals surface area contributed by atoms with Gasteiger partial charge in [0, 0.05) is 36.7 Å². The van der Waals surface area contributed by atoms with Crippen molar-refractivity contribution in [2.45, 2.75) is 39.0 Å². The predicted molar refractivity (Wildman–Crippen MR) is 125 cm³/mol. The Morgan fingerprint density at radius 1 is 1.29 bits per heavy atom. The van der Waals surface area contributed by atoms with Crippen LogP contribution < -0.4 is 5.32 Å². The molecular weight excluding hydrogens is 406 g/mol. The molecule has 31 heavy (non-hydrogen) atoms. The monoisotopic (exact) mass is 433 g/mol. The maximum Gasteiger partial charge on any atom is 0.246 e. The van der Waals surface area contributed by atoms with Gasteiger partial charge >= 0.3 is 0 Å². The third-order valence-electron chi connectivity index (χ3n) is 6.63. The van der Waals surface area contributed by atoms with E-state index in [1.807, 2.05) is 28.8 Å². The molecule has 5 rings (SSSR count). The van der Waals surface area contributed by atoms with Crippen LogP contribution in [0.3, 0.4) is 0 Å². The van der Waals surface area contributed by atoms with E-state index < -0.39 is 0 Å². The maximum absolute atomic E-state index is 12.8. The number of aryl methyl sites for hydroxylation is 1. The van der Waals surface area contributed by atoms with Crippen molar-refractivity contribution in [2.75, 3.05) is 18.4 Å². The molecule has 2 unspecified atom stereocenters. The summed E-state index contributed by atoms with van der Waals surface area (Å²) < 4.78 is 0. The van der Waals surface area contributed by atoms with E-state index in [-0.39, 0.29) is 11.8 Å². The Bertz CT molecular complexity index is 1050. The first kappa shape index (κ1) is 20.3. The fourth-order valence-corrected chi connectivity index (χ4v) is 5.92. The lowest BCUT2D eigenvalue weighted by molar-refractivity contribution is -0.125. The molecule has 160 valence electrons. The molecule has 1 N–H and O–H groups in total. The average molecular weight is 434 g/mol. The largest absolute Gasteiger partial charge is 0.338 e. The third-order valence-corrected chi connectivity index (χ3v) is 7.81. The lowest BCUT2D eigenvalue weighted by Crippen LogP contribution is -2.27. The van der Waals surface area contributed by atoms with E-state index in [2.05, 4.69) is 34.8 Å². The molecule has 0 bridgehead atoms. The number of carbonyl (C=O) groups excluding carboxylic acids is 2. The van der Waals surface area contributed by atoms with Gasteiger partial charge in [-0.15, -0.1) is 0 Å². The lowest BCUT2D eigenvalue weighted by Gasteiger charge is -2.17. The topological polar surface area (TPSA) is 62.3 Å². The fourth-order valence-electron chi connectivity index (χ4n) is 4.95. The van der Waals surface area contributed by atoms with E-state index in [0.29, 0.717) is 30.5 Å². The van der Waals surface area contributed by atoms with Crippen LogP contribution in [0.4, 0.5) is 5.82 Å². The Balaban J connectivity index is 1.22. The summed E-state index contributed by atoms with van der Waals surface area (Å²) in [6.45, 7) is 3.89. The number of allylic oxidation sites excluding steroid dienone is 3. The van der Waals surface area contributed by atoms with Gasteiger partial charge in [-0.3, -0.25) is 9.59 Å². The zero-order valence-corrected chi connectivity index (χ0v) is 18.6. The maximum atomic E-state index is 12.8. The molecule has 1 aromatic heterocycles. The Morgan fingerprint density at radius 2 is 2.19 bits per heavy atom. The number of amides is 2. The third kappa shape index (κ3) is 4.26. The van der Waals surface area contributed by atoms with Crippen LogP contribution in [0.15, 0.2) is 52.0 Å². The lowest BCUT2D eigenvalue weighted by atomic mass is 9.99. The first-order valence-corrected chi connectivity index (χ1v) is 11.9. The quantitative estimate of drug-likeness (QED) is 0.702. The van der Waals surface area contributed by atoms with Gasteiger partial charge < -0.3 is 10.2 Å². The first-order chi connectivity index (χ1) is 15.1. The highest BCUT2D eigenvalue weighted by molar-refractivity contribution is 8.06.